The number of nitrogens with two attached hydrogens (primary N) is 2. The monoisotopic (exact) mass is 131 g/mol. The Hall–Kier alpha value is -1.40. The minimum absolute atomic E-state index is 0.449. The Bertz CT molecular complexity index is 112. The lowest BCUT2D eigenvalue weighted by Gasteiger charge is -1.95. The number of hydrogen-bond acceptors (Lipinski definition) is 4. The fraction of sp³-hybridized carbons (Fsp3) is 0. The molecule has 6 nitrogen and oxygen atoms in total. The molecular weight excluding hydrogens is 127 g/mol. The molecule has 0 fully saturated rings. The van der Waals surface area contributed by atoms with Gasteiger partial charge in [0, 0.05) is 0 Å². The largest absolute Gasteiger partial charge is 0.664 e. The van der Waals surface area contributed by atoms with Crippen molar-refractivity contribution < 1.29 is 18.9 Å². The van der Waals surface area contributed by atoms with E-state index in [4.69, 9.17) is 0 Å². The van der Waals surface area contributed by atoms with Crippen LogP contribution in [0.1, 0.15) is 0 Å². The van der Waals surface area contributed by atoms with Crippen LogP contribution in [0, 0.1) is 0 Å². The molecule has 0 bridgehead atoms. The van der Waals surface area contributed by atoms with Gasteiger partial charge in [0.1, 0.15) is 0 Å². The average Bonchev–Trinajstić information content (AvgIpc) is 1.63. The van der Waals surface area contributed by atoms with E-state index >= 15 is 0 Å². The van der Waals surface area contributed by atoms with Gasteiger partial charge < -0.3 is 20.8 Å². The Morgan fingerprint density at radius 2 is 1.44 bits per heavy atom. The number of carbonyl (C=O) groups is 2. The number of carbonyl (C=O) groups excluding carboxylic acids is 2. The SMILES string of the molecule is NC(=O)O[B]OC(N)=O. The van der Waals surface area contributed by atoms with Crippen LogP contribution in [0.4, 0.5) is 9.59 Å². The highest BCUT2D eigenvalue weighted by molar-refractivity contribution is 6.25. The minimum Gasteiger partial charge on any atom is -0.483 e. The molecule has 0 atom stereocenters. The third kappa shape index (κ3) is 6.60. The molecule has 0 heterocycles. The molecular formula is C2H4BN2O4. The van der Waals surface area contributed by atoms with Crippen LogP contribution in [0.3, 0.4) is 0 Å². The fourth-order valence-corrected chi connectivity index (χ4v) is 0.119. The first-order valence-corrected chi connectivity index (χ1v) is 1.87. The van der Waals surface area contributed by atoms with Crippen LogP contribution in [0.5, 0.6) is 0 Å². The highest BCUT2D eigenvalue weighted by Crippen LogP contribution is 1.72. The molecule has 0 rings (SSSR count). The second kappa shape index (κ2) is 3.59. The minimum atomic E-state index is -1.07. The van der Waals surface area contributed by atoms with Gasteiger partial charge in [-0.1, -0.05) is 0 Å². The molecule has 0 aliphatic rings. The van der Waals surface area contributed by atoms with Crippen molar-refractivity contribution >= 4 is 19.9 Å². The second-order valence-electron chi connectivity index (χ2n) is 0.970. The molecule has 0 aromatic rings. The van der Waals surface area contributed by atoms with Crippen LogP contribution < -0.4 is 11.5 Å². The van der Waals surface area contributed by atoms with E-state index in [9.17, 15) is 9.59 Å². The smallest absolute Gasteiger partial charge is 0.483 e. The van der Waals surface area contributed by atoms with Gasteiger partial charge >= 0.3 is 19.9 Å². The molecule has 0 aliphatic carbocycles. The van der Waals surface area contributed by atoms with E-state index in [0.717, 1.165) is 0 Å². The van der Waals surface area contributed by atoms with Gasteiger partial charge in [0.15, 0.2) is 0 Å². The Balaban J connectivity index is 3.10. The molecule has 7 heteroatoms. The number of hydrogen-bond donors (Lipinski definition) is 2. The van der Waals surface area contributed by atoms with Gasteiger partial charge in [-0.2, -0.15) is 0 Å². The standard InChI is InChI=1S/C2H4BN2O4/c4-1(6)8-3-9-2(5)7/h(H2,4,6)(H2,5,7). The van der Waals surface area contributed by atoms with E-state index in [0.29, 0.717) is 7.69 Å². The summed E-state index contributed by atoms with van der Waals surface area (Å²) in [5.74, 6) is 0. The van der Waals surface area contributed by atoms with Gasteiger partial charge in [-0.05, 0) is 0 Å². The Morgan fingerprint density at radius 3 is 1.67 bits per heavy atom. The summed E-state index contributed by atoms with van der Waals surface area (Å²) >= 11 is 0. The maximum absolute atomic E-state index is 9.72. The third-order valence-electron chi connectivity index (χ3n) is 0.329. The van der Waals surface area contributed by atoms with Crippen molar-refractivity contribution in [1.82, 2.24) is 0 Å². The molecule has 9 heavy (non-hydrogen) atoms. The summed E-state index contributed by atoms with van der Waals surface area (Å²) in [6.07, 6.45) is -2.15. The van der Waals surface area contributed by atoms with Gasteiger partial charge in [-0.15, -0.1) is 0 Å². The van der Waals surface area contributed by atoms with Gasteiger partial charge in [0.2, 0.25) is 0 Å². The van der Waals surface area contributed by atoms with Crippen molar-refractivity contribution in [1.29, 1.82) is 0 Å². The summed E-state index contributed by atoms with van der Waals surface area (Å²) in [6.45, 7) is 0. The number of rotatable bonds is 2. The van der Waals surface area contributed by atoms with E-state index in [1.807, 2.05) is 0 Å². The predicted octanol–water partition coefficient (Wildman–Crippen LogP) is -1.29. The van der Waals surface area contributed by atoms with E-state index in [2.05, 4.69) is 20.8 Å². The lowest BCUT2D eigenvalue weighted by atomic mass is 10.4. The fourth-order valence-electron chi connectivity index (χ4n) is 0.119. The Morgan fingerprint density at radius 1 is 1.11 bits per heavy atom. The zero-order valence-electron chi connectivity index (χ0n) is 4.37. The first-order valence-electron chi connectivity index (χ1n) is 1.87. The number of primary amides is 2. The second-order valence-corrected chi connectivity index (χ2v) is 0.970. The quantitative estimate of drug-likeness (QED) is 0.454. The van der Waals surface area contributed by atoms with Crippen LogP contribution in [-0.2, 0) is 9.31 Å². The molecule has 0 aromatic carbocycles. The summed E-state index contributed by atoms with van der Waals surface area (Å²) in [7, 11) is 0.449. The molecule has 0 saturated heterocycles. The van der Waals surface area contributed by atoms with Gasteiger partial charge in [0.05, 0.1) is 0 Å². The molecule has 0 saturated carbocycles. The zero-order valence-corrected chi connectivity index (χ0v) is 4.37. The Kier molecular flexibility index (Phi) is 3.03. The molecule has 1 radical (unpaired) electrons. The summed E-state index contributed by atoms with van der Waals surface area (Å²) in [5, 5.41) is 0. The van der Waals surface area contributed by atoms with Gasteiger partial charge in [-0.25, -0.2) is 9.59 Å². The molecule has 4 N–H and O–H groups in total. The molecule has 0 spiro atoms. The molecule has 0 aromatic heterocycles. The molecule has 0 aliphatic heterocycles. The van der Waals surface area contributed by atoms with Crippen molar-refractivity contribution in [3.8, 4) is 0 Å². The normalized spacial score (nSPS) is 7.56. The molecule has 2 amide bonds. The lowest BCUT2D eigenvalue weighted by Crippen LogP contribution is -2.22. The summed E-state index contributed by atoms with van der Waals surface area (Å²) < 4.78 is 7.69. The predicted molar refractivity (Wildman–Crippen MR) is 27.1 cm³/mol. The van der Waals surface area contributed by atoms with E-state index in [1.54, 1.807) is 0 Å². The van der Waals surface area contributed by atoms with Crippen LogP contribution in [0.15, 0.2) is 0 Å². The average molecular weight is 131 g/mol. The Labute approximate surface area is 51.4 Å². The van der Waals surface area contributed by atoms with Gasteiger partial charge in [0.25, 0.3) is 0 Å². The van der Waals surface area contributed by atoms with Crippen molar-refractivity contribution in [2.45, 2.75) is 0 Å². The summed E-state index contributed by atoms with van der Waals surface area (Å²) in [5.41, 5.74) is 8.91. The first-order chi connectivity index (χ1) is 4.13. The van der Waals surface area contributed by atoms with E-state index in [-0.39, 0.29) is 0 Å². The van der Waals surface area contributed by atoms with Crippen LogP contribution in [-0.4, -0.2) is 19.9 Å². The third-order valence-corrected chi connectivity index (χ3v) is 0.329. The van der Waals surface area contributed by atoms with Crippen LogP contribution in [0.25, 0.3) is 0 Å². The molecule has 0 unspecified atom stereocenters. The zero-order chi connectivity index (χ0) is 7.28. The van der Waals surface area contributed by atoms with Crippen molar-refractivity contribution in [3.05, 3.63) is 0 Å². The summed E-state index contributed by atoms with van der Waals surface area (Å²) in [4.78, 5) is 19.4. The van der Waals surface area contributed by atoms with E-state index in [1.165, 1.54) is 0 Å². The maximum atomic E-state index is 9.72. The van der Waals surface area contributed by atoms with Crippen LogP contribution in [0.2, 0.25) is 0 Å². The van der Waals surface area contributed by atoms with E-state index < -0.39 is 12.2 Å². The van der Waals surface area contributed by atoms with Crippen molar-refractivity contribution in [2.24, 2.45) is 11.5 Å². The first kappa shape index (κ1) is 7.60. The lowest BCUT2D eigenvalue weighted by molar-refractivity contribution is 0.190. The number of amides is 2. The van der Waals surface area contributed by atoms with Crippen LogP contribution >= 0.6 is 0 Å². The highest BCUT2D eigenvalue weighted by Gasteiger charge is 2.02. The van der Waals surface area contributed by atoms with Crippen molar-refractivity contribution in [3.63, 3.8) is 0 Å². The maximum Gasteiger partial charge on any atom is 0.664 e. The van der Waals surface area contributed by atoms with Gasteiger partial charge in [-0.3, -0.25) is 0 Å². The topological polar surface area (TPSA) is 105 Å². The van der Waals surface area contributed by atoms with Crippen molar-refractivity contribution in [2.75, 3.05) is 0 Å². The highest BCUT2D eigenvalue weighted by atomic mass is 16.6. The summed E-state index contributed by atoms with van der Waals surface area (Å²) in [6, 6.07) is 0. The molecule has 49 valence electrons.